The molecule has 0 aliphatic heterocycles. The predicted octanol–water partition coefficient (Wildman–Crippen LogP) is 2.26. The van der Waals surface area contributed by atoms with Crippen molar-refractivity contribution in [1.82, 2.24) is 4.72 Å². The predicted molar refractivity (Wildman–Crippen MR) is 69.6 cm³/mol. The molecular weight excluding hydrogens is 293 g/mol. The average Bonchev–Trinajstić information content (AvgIpc) is 2.34. The van der Waals surface area contributed by atoms with Crippen LogP contribution in [0.2, 0.25) is 0 Å². The topological polar surface area (TPSA) is 72.2 Å². The molecule has 0 heterocycles. The van der Waals surface area contributed by atoms with Crippen LogP contribution < -0.4 is 10.5 Å². The van der Waals surface area contributed by atoms with Gasteiger partial charge in [-0.05, 0) is 23.6 Å². The number of halogens is 3. The maximum atomic E-state index is 12.1. The summed E-state index contributed by atoms with van der Waals surface area (Å²) >= 11 is 0. The van der Waals surface area contributed by atoms with Gasteiger partial charge in [-0.1, -0.05) is 18.2 Å². The second kappa shape index (κ2) is 4.95. The molecule has 0 spiro atoms. The van der Waals surface area contributed by atoms with Crippen molar-refractivity contribution in [2.45, 2.75) is 11.1 Å². The largest absolute Gasteiger partial charge is 0.402 e. The summed E-state index contributed by atoms with van der Waals surface area (Å²) < 4.78 is 61.8. The summed E-state index contributed by atoms with van der Waals surface area (Å²) in [4.78, 5) is -0.209. The standard InChI is InChI=1S/C12H11F3N2O2S/c13-12(14,15)7-17-20(18,19)11-3-1-2-8-6-9(16)4-5-10(8)11/h1-6,17H,7,16H2. The van der Waals surface area contributed by atoms with Crippen molar-refractivity contribution in [3.63, 3.8) is 0 Å². The summed E-state index contributed by atoms with van der Waals surface area (Å²) in [5, 5.41) is 0.858. The molecule has 0 saturated heterocycles. The van der Waals surface area contributed by atoms with Gasteiger partial charge >= 0.3 is 6.18 Å². The summed E-state index contributed by atoms with van der Waals surface area (Å²) in [6, 6.07) is 8.84. The van der Waals surface area contributed by atoms with E-state index >= 15 is 0 Å². The highest BCUT2D eigenvalue weighted by Crippen LogP contribution is 2.25. The summed E-state index contributed by atoms with van der Waals surface area (Å²) in [5.41, 5.74) is 6.03. The Labute approximate surface area is 113 Å². The molecular formula is C12H11F3N2O2S. The molecule has 0 fully saturated rings. The van der Waals surface area contributed by atoms with Crippen LogP contribution in [0.3, 0.4) is 0 Å². The summed E-state index contributed by atoms with van der Waals surface area (Å²) in [6.07, 6.45) is -4.61. The van der Waals surface area contributed by atoms with Crippen LogP contribution >= 0.6 is 0 Å². The Morgan fingerprint density at radius 1 is 1.15 bits per heavy atom. The molecule has 2 aromatic carbocycles. The molecule has 0 saturated carbocycles. The Kier molecular flexibility index (Phi) is 3.61. The fourth-order valence-corrected chi connectivity index (χ4v) is 3.00. The van der Waals surface area contributed by atoms with Crippen molar-refractivity contribution in [2.24, 2.45) is 0 Å². The number of alkyl halides is 3. The van der Waals surface area contributed by atoms with E-state index in [9.17, 15) is 21.6 Å². The van der Waals surface area contributed by atoms with E-state index in [1.807, 2.05) is 0 Å². The van der Waals surface area contributed by atoms with Crippen molar-refractivity contribution in [1.29, 1.82) is 0 Å². The molecule has 0 aliphatic rings. The molecule has 0 aromatic heterocycles. The van der Waals surface area contributed by atoms with Gasteiger partial charge in [-0.25, -0.2) is 13.1 Å². The molecule has 0 atom stereocenters. The molecule has 0 bridgehead atoms. The SMILES string of the molecule is Nc1ccc2c(S(=O)(=O)NCC(F)(F)F)cccc2c1. The highest BCUT2D eigenvalue weighted by Gasteiger charge is 2.30. The Morgan fingerprint density at radius 3 is 2.50 bits per heavy atom. The van der Waals surface area contributed by atoms with Crippen LogP contribution in [0.15, 0.2) is 41.3 Å². The van der Waals surface area contributed by atoms with E-state index in [0.29, 0.717) is 16.5 Å². The van der Waals surface area contributed by atoms with E-state index < -0.39 is 22.7 Å². The van der Waals surface area contributed by atoms with E-state index in [0.717, 1.165) is 0 Å². The highest BCUT2D eigenvalue weighted by atomic mass is 32.2. The number of sulfonamides is 1. The van der Waals surface area contributed by atoms with Crippen LogP contribution in [0.25, 0.3) is 10.8 Å². The van der Waals surface area contributed by atoms with Gasteiger partial charge in [0.1, 0.15) is 6.54 Å². The Bertz CT molecular complexity index is 742. The Hall–Kier alpha value is -1.80. The van der Waals surface area contributed by atoms with Gasteiger partial charge in [-0.2, -0.15) is 13.2 Å². The minimum Gasteiger partial charge on any atom is -0.399 e. The van der Waals surface area contributed by atoms with Crippen molar-refractivity contribution >= 4 is 26.5 Å². The second-order valence-corrected chi connectivity index (χ2v) is 5.91. The number of hydrogen-bond acceptors (Lipinski definition) is 3. The monoisotopic (exact) mass is 304 g/mol. The summed E-state index contributed by atoms with van der Waals surface area (Å²) in [7, 11) is -4.24. The first-order chi connectivity index (χ1) is 9.19. The maximum Gasteiger partial charge on any atom is 0.402 e. The van der Waals surface area contributed by atoms with E-state index in [4.69, 9.17) is 5.73 Å². The molecule has 8 heteroatoms. The summed E-state index contributed by atoms with van der Waals surface area (Å²) in [6.45, 7) is -1.61. The third kappa shape index (κ3) is 3.20. The van der Waals surface area contributed by atoms with Gasteiger partial charge in [0.25, 0.3) is 0 Å². The van der Waals surface area contributed by atoms with E-state index in [-0.39, 0.29) is 4.90 Å². The maximum absolute atomic E-state index is 12.1. The third-order valence-electron chi connectivity index (χ3n) is 2.62. The minimum absolute atomic E-state index is 0.209. The normalized spacial score (nSPS) is 12.8. The molecule has 0 unspecified atom stereocenters. The first-order valence-electron chi connectivity index (χ1n) is 5.54. The number of nitrogen functional groups attached to an aromatic ring is 1. The van der Waals surface area contributed by atoms with Crippen molar-refractivity contribution < 1.29 is 21.6 Å². The molecule has 0 amide bonds. The van der Waals surface area contributed by atoms with Crippen molar-refractivity contribution in [3.05, 3.63) is 36.4 Å². The quantitative estimate of drug-likeness (QED) is 0.854. The van der Waals surface area contributed by atoms with Crippen LogP contribution in [0.5, 0.6) is 0 Å². The van der Waals surface area contributed by atoms with Gasteiger partial charge < -0.3 is 5.73 Å². The smallest absolute Gasteiger partial charge is 0.399 e. The first-order valence-corrected chi connectivity index (χ1v) is 7.02. The zero-order chi connectivity index (χ0) is 15.0. The number of fused-ring (bicyclic) bond motifs is 1. The lowest BCUT2D eigenvalue weighted by Crippen LogP contribution is -2.33. The van der Waals surface area contributed by atoms with Gasteiger partial charge in [0.2, 0.25) is 10.0 Å². The van der Waals surface area contributed by atoms with Gasteiger partial charge in [0.05, 0.1) is 4.90 Å². The lowest BCUT2D eigenvalue weighted by Gasteiger charge is -2.11. The van der Waals surface area contributed by atoms with Gasteiger partial charge in [0, 0.05) is 11.1 Å². The fraction of sp³-hybridized carbons (Fsp3) is 0.167. The molecule has 108 valence electrons. The molecule has 3 N–H and O–H groups in total. The molecule has 20 heavy (non-hydrogen) atoms. The zero-order valence-electron chi connectivity index (χ0n) is 10.1. The molecule has 0 aliphatic carbocycles. The highest BCUT2D eigenvalue weighted by molar-refractivity contribution is 7.89. The van der Waals surface area contributed by atoms with Crippen molar-refractivity contribution in [2.75, 3.05) is 12.3 Å². The number of nitrogens with one attached hydrogen (secondary N) is 1. The van der Waals surface area contributed by atoms with Gasteiger partial charge in [-0.3, -0.25) is 0 Å². The molecule has 4 nitrogen and oxygen atoms in total. The van der Waals surface area contributed by atoms with Crippen LogP contribution in [0, 0.1) is 0 Å². The molecule has 0 radical (unpaired) electrons. The third-order valence-corrected chi connectivity index (χ3v) is 4.08. The number of nitrogens with two attached hydrogens (primary N) is 1. The lowest BCUT2D eigenvalue weighted by atomic mass is 10.1. The Morgan fingerprint density at radius 2 is 1.85 bits per heavy atom. The minimum atomic E-state index is -4.61. The number of benzene rings is 2. The molecule has 2 aromatic rings. The fourth-order valence-electron chi connectivity index (χ4n) is 1.76. The Balaban J connectivity index is 2.47. The second-order valence-electron chi connectivity index (χ2n) is 4.18. The zero-order valence-corrected chi connectivity index (χ0v) is 10.9. The first kappa shape index (κ1) is 14.6. The van der Waals surface area contributed by atoms with E-state index in [1.165, 1.54) is 29.0 Å². The van der Waals surface area contributed by atoms with Gasteiger partial charge in [-0.15, -0.1) is 0 Å². The number of anilines is 1. The number of hydrogen-bond donors (Lipinski definition) is 2. The van der Waals surface area contributed by atoms with E-state index in [1.54, 1.807) is 12.1 Å². The van der Waals surface area contributed by atoms with Crippen LogP contribution in [-0.2, 0) is 10.0 Å². The number of rotatable bonds is 3. The lowest BCUT2D eigenvalue weighted by molar-refractivity contribution is -0.121. The van der Waals surface area contributed by atoms with Gasteiger partial charge in [0.15, 0.2) is 0 Å². The van der Waals surface area contributed by atoms with Crippen LogP contribution in [0.4, 0.5) is 18.9 Å². The van der Waals surface area contributed by atoms with Crippen molar-refractivity contribution in [3.8, 4) is 0 Å². The van der Waals surface area contributed by atoms with Crippen LogP contribution in [0.1, 0.15) is 0 Å². The summed E-state index contributed by atoms with van der Waals surface area (Å²) in [5.74, 6) is 0. The molecule has 2 rings (SSSR count). The van der Waals surface area contributed by atoms with E-state index in [2.05, 4.69) is 0 Å². The average molecular weight is 304 g/mol. The van der Waals surface area contributed by atoms with Crippen LogP contribution in [-0.4, -0.2) is 21.1 Å².